The van der Waals surface area contributed by atoms with E-state index >= 15 is 0 Å². The number of nitro groups is 1. The maximum absolute atomic E-state index is 13.3. The third-order valence-electron chi connectivity index (χ3n) is 2.27. The molecule has 17 heavy (non-hydrogen) atoms. The number of hydrogen-bond donors (Lipinski definition) is 2. The van der Waals surface area contributed by atoms with Crippen molar-refractivity contribution < 1.29 is 14.4 Å². The summed E-state index contributed by atoms with van der Waals surface area (Å²) in [6, 6.07) is 3.71. The Hall–Kier alpha value is -1.69. The first-order chi connectivity index (χ1) is 7.91. The molecule has 0 aromatic heterocycles. The number of nitrogens with zero attached hydrogens (tertiary/aromatic N) is 1. The number of nitrogens with one attached hydrogen (secondary N) is 1. The van der Waals surface area contributed by atoms with Crippen LogP contribution >= 0.6 is 0 Å². The van der Waals surface area contributed by atoms with Crippen LogP contribution in [0.4, 0.5) is 15.8 Å². The van der Waals surface area contributed by atoms with Gasteiger partial charge in [-0.05, 0) is 32.4 Å². The van der Waals surface area contributed by atoms with Gasteiger partial charge in [-0.15, -0.1) is 0 Å². The van der Waals surface area contributed by atoms with Crippen LogP contribution in [0.3, 0.4) is 0 Å². The van der Waals surface area contributed by atoms with Crippen LogP contribution in [0.5, 0.6) is 0 Å². The highest BCUT2D eigenvalue weighted by molar-refractivity contribution is 5.62. The molecule has 0 aliphatic carbocycles. The Morgan fingerprint density at radius 1 is 1.53 bits per heavy atom. The lowest BCUT2D eigenvalue weighted by atomic mass is 10.1. The summed E-state index contributed by atoms with van der Waals surface area (Å²) in [5, 5.41) is 22.7. The molecule has 5 nitrogen and oxygen atoms in total. The Balaban J connectivity index is 2.91. The molecule has 2 atom stereocenters. The third kappa shape index (κ3) is 3.67. The minimum absolute atomic E-state index is 0.128. The number of rotatable bonds is 5. The first-order valence-electron chi connectivity index (χ1n) is 5.29. The van der Waals surface area contributed by atoms with Gasteiger partial charge in [0, 0.05) is 6.04 Å². The van der Waals surface area contributed by atoms with Crippen molar-refractivity contribution in [1.82, 2.24) is 0 Å². The van der Waals surface area contributed by atoms with Crippen molar-refractivity contribution in [2.45, 2.75) is 32.4 Å². The average Bonchev–Trinajstić information content (AvgIpc) is 2.15. The predicted octanol–water partition coefficient (Wildman–Crippen LogP) is 2.31. The zero-order chi connectivity index (χ0) is 13.0. The quantitative estimate of drug-likeness (QED) is 0.613. The highest BCUT2D eigenvalue weighted by atomic mass is 19.1. The summed E-state index contributed by atoms with van der Waals surface area (Å²) in [7, 11) is 0. The van der Waals surface area contributed by atoms with Crippen molar-refractivity contribution in [1.29, 1.82) is 0 Å². The van der Waals surface area contributed by atoms with E-state index in [4.69, 9.17) is 0 Å². The molecule has 0 saturated heterocycles. The average molecular weight is 242 g/mol. The summed E-state index contributed by atoms with van der Waals surface area (Å²) in [4.78, 5) is 9.97. The van der Waals surface area contributed by atoms with Gasteiger partial charge in [-0.25, -0.2) is 0 Å². The van der Waals surface area contributed by atoms with Gasteiger partial charge in [-0.3, -0.25) is 10.1 Å². The number of para-hydroxylation sites is 1. The Kier molecular flexibility index (Phi) is 4.39. The number of halogens is 1. The van der Waals surface area contributed by atoms with Gasteiger partial charge in [-0.2, -0.15) is 4.39 Å². The number of anilines is 1. The van der Waals surface area contributed by atoms with Gasteiger partial charge < -0.3 is 10.4 Å². The highest BCUT2D eigenvalue weighted by Gasteiger charge is 2.20. The fourth-order valence-corrected chi connectivity index (χ4v) is 1.65. The highest BCUT2D eigenvalue weighted by Crippen LogP contribution is 2.28. The second-order valence-electron chi connectivity index (χ2n) is 4.02. The Bertz CT molecular complexity index is 410. The summed E-state index contributed by atoms with van der Waals surface area (Å²) in [6.45, 7) is 3.39. The zero-order valence-corrected chi connectivity index (χ0v) is 9.68. The van der Waals surface area contributed by atoms with E-state index < -0.39 is 22.5 Å². The SMILES string of the molecule is CC(O)CC(C)Nc1cccc(F)c1[N+](=O)[O-]. The Morgan fingerprint density at radius 3 is 2.71 bits per heavy atom. The van der Waals surface area contributed by atoms with Gasteiger partial charge in [0.05, 0.1) is 11.0 Å². The maximum Gasteiger partial charge on any atom is 0.327 e. The number of nitro benzene ring substituents is 1. The van der Waals surface area contributed by atoms with Crippen LogP contribution in [0.1, 0.15) is 20.3 Å². The summed E-state index contributed by atoms with van der Waals surface area (Å²) in [6.07, 6.45) is -0.0988. The topological polar surface area (TPSA) is 75.4 Å². The lowest BCUT2D eigenvalue weighted by molar-refractivity contribution is -0.386. The normalized spacial score (nSPS) is 14.1. The molecule has 2 N–H and O–H groups in total. The monoisotopic (exact) mass is 242 g/mol. The zero-order valence-electron chi connectivity index (χ0n) is 9.68. The molecule has 2 unspecified atom stereocenters. The predicted molar refractivity (Wildman–Crippen MR) is 62.4 cm³/mol. The fraction of sp³-hybridized carbons (Fsp3) is 0.455. The molecule has 0 fully saturated rings. The van der Waals surface area contributed by atoms with E-state index in [0.29, 0.717) is 6.42 Å². The molecular weight excluding hydrogens is 227 g/mol. The molecule has 0 saturated carbocycles. The summed E-state index contributed by atoms with van der Waals surface area (Å²) in [5.41, 5.74) is -0.437. The van der Waals surface area contributed by atoms with Crippen molar-refractivity contribution >= 4 is 11.4 Å². The second-order valence-corrected chi connectivity index (χ2v) is 4.02. The third-order valence-corrected chi connectivity index (χ3v) is 2.27. The van der Waals surface area contributed by atoms with Crippen LogP contribution in [0.2, 0.25) is 0 Å². The second kappa shape index (κ2) is 5.58. The van der Waals surface area contributed by atoms with Gasteiger partial charge in [0.15, 0.2) is 0 Å². The molecule has 0 spiro atoms. The molecular formula is C11H15FN2O3. The van der Waals surface area contributed by atoms with Gasteiger partial charge >= 0.3 is 5.69 Å². The van der Waals surface area contributed by atoms with E-state index in [1.807, 2.05) is 0 Å². The lowest BCUT2D eigenvalue weighted by Gasteiger charge is -2.16. The molecule has 0 heterocycles. The van der Waals surface area contributed by atoms with Crippen LogP contribution in [0.25, 0.3) is 0 Å². The molecule has 0 aliphatic heterocycles. The molecule has 94 valence electrons. The smallest absolute Gasteiger partial charge is 0.327 e. The summed E-state index contributed by atoms with van der Waals surface area (Å²) in [5.74, 6) is -0.871. The Labute approximate surface area is 98.4 Å². The number of benzene rings is 1. The summed E-state index contributed by atoms with van der Waals surface area (Å²) < 4.78 is 13.3. The van der Waals surface area contributed by atoms with Gasteiger partial charge in [0.2, 0.25) is 5.82 Å². The van der Waals surface area contributed by atoms with E-state index in [1.165, 1.54) is 12.1 Å². The minimum Gasteiger partial charge on any atom is -0.393 e. The van der Waals surface area contributed by atoms with Crippen molar-refractivity contribution in [2.75, 3.05) is 5.32 Å². The molecule has 1 aromatic carbocycles. The van der Waals surface area contributed by atoms with E-state index in [2.05, 4.69) is 5.32 Å². The maximum atomic E-state index is 13.3. The largest absolute Gasteiger partial charge is 0.393 e. The number of aliphatic hydroxyl groups excluding tert-OH is 1. The van der Waals surface area contributed by atoms with E-state index in [9.17, 15) is 19.6 Å². The lowest BCUT2D eigenvalue weighted by Crippen LogP contribution is -2.21. The Morgan fingerprint density at radius 2 is 2.18 bits per heavy atom. The van der Waals surface area contributed by atoms with E-state index in [0.717, 1.165) is 6.07 Å². The molecule has 1 aromatic rings. The molecule has 6 heteroatoms. The van der Waals surface area contributed by atoms with Crippen LogP contribution in [0, 0.1) is 15.9 Å². The molecule has 0 radical (unpaired) electrons. The van der Waals surface area contributed by atoms with Crippen LogP contribution in [0.15, 0.2) is 18.2 Å². The van der Waals surface area contributed by atoms with Crippen molar-refractivity contribution in [3.63, 3.8) is 0 Å². The van der Waals surface area contributed by atoms with E-state index in [-0.39, 0.29) is 11.7 Å². The van der Waals surface area contributed by atoms with Crippen LogP contribution in [-0.2, 0) is 0 Å². The van der Waals surface area contributed by atoms with Crippen LogP contribution in [-0.4, -0.2) is 22.2 Å². The van der Waals surface area contributed by atoms with Crippen molar-refractivity contribution in [2.24, 2.45) is 0 Å². The van der Waals surface area contributed by atoms with Gasteiger partial charge in [0.1, 0.15) is 5.69 Å². The van der Waals surface area contributed by atoms with Crippen molar-refractivity contribution in [3.8, 4) is 0 Å². The first kappa shape index (κ1) is 13.4. The molecule has 1 rings (SSSR count). The number of aliphatic hydroxyl groups is 1. The van der Waals surface area contributed by atoms with Gasteiger partial charge in [-0.1, -0.05) is 6.07 Å². The van der Waals surface area contributed by atoms with E-state index in [1.54, 1.807) is 13.8 Å². The fourth-order valence-electron chi connectivity index (χ4n) is 1.65. The molecule has 0 aliphatic rings. The molecule has 0 amide bonds. The minimum atomic E-state index is -0.871. The van der Waals surface area contributed by atoms with Crippen LogP contribution < -0.4 is 5.32 Å². The van der Waals surface area contributed by atoms with Crippen molar-refractivity contribution in [3.05, 3.63) is 34.1 Å². The molecule has 0 bridgehead atoms. The standard InChI is InChI=1S/C11H15FN2O3/c1-7(6-8(2)15)13-10-5-3-4-9(12)11(10)14(16)17/h3-5,7-8,13,15H,6H2,1-2H3. The first-order valence-corrected chi connectivity index (χ1v) is 5.29. The van der Waals surface area contributed by atoms with Gasteiger partial charge in [0.25, 0.3) is 0 Å². The number of hydrogen-bond acceptors (Lipinski definition) is 4. The summed E-state index contributed by atoms with van der Waals surface area (Å²) >= 11 is 0.